The van der Waals surface area contributed by atoms with Crippen LogP contribution in [-0.4, -0.2) is 59.6 Å². The Kier molecular flexibility index (Phi) is 8.53. The third kappa shape index (κ3) is 7.50. The molecule has 0 spiro atoms. The van der Waals surface area contributed by atoms with Crippen LogP contribution in [0.4, 0.5) is 0 Å². The molecule has 0 saturated carbocycles. The smallest absolute Gasteiger partial charge is 0.165 e. The molecule has 2 rings (SSSR count). The molecule has 0 amide bonds. The first kappa shape index (κ1) is 22.0. The summed E-state index contributed by atoms with van der Waals surface area (Å²) in [6, 6.07) is 10.6. The number of phenols is 2. The van der Waals surface area contributed by atoms with Crippen LogP contribution < -0.4 is 5.11 Å². The van der Waals surface area contributed by atoms with Crippen molar-refractivity contribution < 1.29 is 29.7 Å². The lowest BCUT2D eigenvalue weighted by Crippen LogP contribution is -2.43. The zero-order chi connectivity index (χ0) is 17.6. The third-order valence-corrected chi connectivity index (χ3v) is 3.04. The summed E-state index contributed by atoms with van der Waals surface area (Å²) in [7, 11) is 5.66. The lowest BCUT2D eigenvalue weighted by Gasteiger charge is -2.26. The summed E-state index contributed by atoms with van der Waals surface area (Å²) in [4.78, 5) is 10.0. The number of aliphatic carboxylic acids is 1. The van der Waals surface area contributed by atoms with Gasteiger partial charge < -0.3 is 29.7 Å². The molecule has 24 heavy (non-hydrogen) atoms. The number of likely N-dealkylation sites (N-methyl/N-ethyl adjacent to an activating group) is 1. The van der Waals surface area contributed by atoms with Crippen molar-refractivity contribution in [3.05, 3.63) is 36.4 Å². The van der Waals surface area contributed by atoms with Gasteiger partial charge in [-0.1, -0.05) is 30.3 Å². The first-order chi connectivity index (χ1) is 10.6. The lowest BCUT2D eigenvalue weighted by atomic mass is 10.1. The van der Waals surface area contributed by atoms with Crippen molar-refractivity contribution in [1.82, 2.24) is 0 Å². The van der Waals surface area contributed by atoms with Gasteiger partial charge in [0.25, 0.3) is 0 Å². The lowest BCUT2D eigenvalue weighted by molar-refractivity contribution is -0.873. The van der Waals surface area contributed by atoms with Crippen molar-refractivity contribution in [3.8, 4) is 11.5 Å². The van der Waals surface area contributed by atoms with E-state index >= 15 is 0 Å². The number of carbonyl (C=O) groups excluding carboxylic acids is 1. The Hall–Kier alpha value is -2.02. The van der Waals surface area contributed by atoms with Gasteiger partial charge in [-0.2, -0.15) is 0 Å². The van der Waals surface area contributed by atoms with E-state index < -0.39 is 12.1 Å². The minimum absolute atomic E-state index is 0. The molecule has 0 heterocycles. The van der Waals surface area contributed by atoms with Gasteiger partial charge in [0.05, 0.1) is 21.1 Å². The molecule has 0 bridgehead atoms. The van der Waals surface area contributed by atoms with E-state index in [9.17, 15) is 15.0 Å². The predicted molar refractivity (Wildman–Crippen MR) is 93.1 cm³/mol. The fourth-order valence-corrected chi connectivity index (χ4v) is 2.13. The molecule has 6 nitrogen and oxygen atoms in total. The number of rotatable bonds is 4. The second kappa shape index (κ2) is 9.32. The van der Waals surface area contributed by atoms with Crippen LogP contribution in [-0.2, 0) is 4.79 Å². The van der Waals surface area contributed by atoms with E-state index in [0.717, 1.165) is 5.39 Å². The number of aromatic hydroxyl groups is 2. The van der Waals surface area contributed by atoms with E-state index in [-0.39, 0.29) is 30.3 Å². The molecule has 3 N–H and O–H groups in total. The van der Waals surface area contributed by atoms with Crippen molar-refractivity contribution in [3.63, 3.8) is 0 Å². The Morgan fingerprint density at radius 1 is 1.12 bits per heavy atom. The molecule has 1 unspecified atom stereocenters. The Morgan fingerprint density at radius 3 is 2.25 bits per heavy atom. The largest absolute Gasteiger partial charge is 0.550 e. The van der Waals surface area contributed by atoms with Crippen LogP contribution in [0.25, 0.3) is 10.8 Å². The van der Waals surface area contributed by atoms with Crippen LogP contribution in [0.3, 0.4) is 0 Å². The van der Waals surface area contributed by atoms with Gasteiger partial charge in [0.15, 0.2) is 11.5 Å². The van der Waals surface area contributed by atoms with Crippen LogP contribution >= 0.6 is 12.4 Å². The third-order valence-electron chi connectivity index (χ3n) is 3.04. The number of halogens is 1. The Morgan fingerprint density at radius 2 is 1.71 bits per heavy atom. The zero-order valence-electron chi connectivity index (χ0n) is 14.0. The number of benzene rings is 2. The average molecular weight is 358 g/mol. The number of hydrogen-bond acceptors (Lipinski definition) is 5. The van der Waals surface area contributed by atoms with Crippen LogP contribution in [0.15, 0.2) is 36.4 Å². The van der Waals surface area contributed by atoms with Crippen LogP contribution in [0.5, 0.6) is 11.5 Å². The molecule has 0 aliphatic carbocycles. The first-order valence-corrected chi connectivity index (χ1v) is 7.18. The van der Waals surface area contributed by atoms with Crippen molar-refractivity contribution in [2.45, 2.75) is 12.5 Å². The fraction of sp³-hybridized carbons (Fsp3) is 0.353. The maximum absolute atomic E-state index is 10.0. The summed E-state index contributed by atoms with van der Waals surface area (Å²) in [5.41, 5.74) is 0. The minimum Gasteiger partial charge on any atom is -0.550 e. The SMILES string of the molecule is C[N+](C)(C)CC(O)CC(=O)[O-].Cl.Oc1ccc2ccccc2c1O. The zero-order valence-corrected chi connectivity index (χ0v) is 14.8. The highest BCUT2D eigenvalue weighted by atomic mass is 35.5. The normalized spacial score (nSPS) is 11.8. The van der Waals surface area contributed by atoms with Crippen molar-refractivity contribution in [2.24, 2.45) is 0 Å². The van der Waals surface area contributed by atoms with Crippen molar-refractivity contribution in [1.29, 1.82) is 0 Å². The molecule has 0 radical (unpaired) electrons. The monoisotopic (exact) mass is 357 g/mol. The van der Waals surface area contributed by atoms with Gasteiger partial charge in [-0.05, 0) is 11.5 Å². The molecule has 0 aliphatic heterocycles. The maximum Gasteiger partial charge on any atom is 0.165 e. The summed E-state index contributed by atoms with van der Waals surface area (Å²) >= 11 is 0. The van der Waals surface area contributed by atoms with E-state index in [1.54, 1.807) is 12.1 Å². The van der Waals surface area contributed by atoms with Gasteiger partial charge in [-0.25, -0.2) is 0 Å². The molecule has 0 fully saturated rings. The van der Waals surface area contributed by atoms with E-state index in [2.05, 4.69) is 0 Å². The maximum atomic E-state index is 10.0. The summed E-state index contributed by atoms with van der Waals surface area (Å²) in [5.74, 6) is -1.33. The molecule has 1 atom stereocenters. The van der Waals surface area contributed by atoms with E-state index in [4.69, 9.17) is 10.2 Å². The van der Waals surface area contributed by atoms with Gasteiger partial charge >= 0.3 is 0 Å². The van der Waals surface area contributed by atoms with E-state index in [1.165, 1.54) is 6.07 Å². The number of nitrogens with zero attached hydrogens (tertiary/aromatic N) is 1. The first-order valence-electron chi connectivity index (χ1n) is 7.18. The summed E-state index contributed by atoms with van der Waals surface area (Å²) in [6.07, 6.45) is -1.09. The number of carboxylic acid groups (broad SMARTS) is 1. The fourth-order valence-electron chi connectivity index (χ4n) is 2.13. The number of carbonyl (C=O) groups is 1. The number of aliphatic hydroxyl groups is 1. The number of fused-ring (bicyclic) bond motifs is 1. The number of aliphatic hydroxyl groups excluding tert-OH is 1. The standard InChI is InChI=1S/C10H8O2.C7H15NO3.ClH/c11-9-6-5-7-3-1-2-4-8(7)10(9)12;1-8(2,3)5-6(9)4-7(10)11;/h1-6,11-12H;6,9H,4-5H2,1-3H3;1H. The minimum atomic E-state index is -1.20. The van der Waals surface area contributed by atoms with E-state index in [1.807, 2.05) is 39.3 Å². The Labute approximate surface area is 147 Å². The molecule has 7 heteroatoms. The topological polar surface area (TPSA) is 101 Å². The molecule has 2 aromatic carbocycles. The molecular formula is C17H24ClNO5. The quantitative estimate of drug-likeness (QED) is 0.556. The highest BCUT2D eigenvalue weighted by molar-refractivity contribution is 5.90. The number of carboxylic acids is 1. The Balaban J connectivity index is 0.000000426. The number of hydrogen-bond donors (Lipinski definition) is 3. The summed E-state index contributed by atoms with van der Waals surface area (Å²) in [6.45, 7) is 0.425. The van der Waals surface area contributed by atoms with Gasteiger partial charge in [-0.15, -0.1) is 12.4 Å². The second-order valence-electron chi connectivity index (χ2n) is 6.36. The van der Waals surface area contributed by atoms with Gasteiger partial charge in [-0.3, -0.25) is 0 Å². The van der Waals surface area contributed by atoms with Crippen LogP contribution in [0.1, 0.15) is 6.42 Å². The van der Waals surface area contributed by atoms with Gasteiger partial charge in [0, 0.05) is 17.8 Å². The van der Waals surface area contributed by atoms with Crippen LogP contribution in [0.2, 0.25) is 0 Å². The number of quaternary nitrogens is 1. The Bertz CT molecular complexity index is 670. The number of phenolic OH excluding ortho intramolecular Hbond substituents is 2. The van der Waals surface area contributed by atoms with Gasteiger partial charge in [0.2, 0.25) is 0 Å². The molecule has 0 saturated heterocycles. The molecule has 134 valence electrons. The molecule has 0 aromatic heterocycles. The highest BCUT2D eigenvalue weighted by Crippen LogP contribution is 2.32. The average Bonchev–Trinajstić information content (AvgIpc) is 2.41. The second-order valence-corrected chi connectivity index (χ2v) is 6.36. The van der Waals surface area contributed by atoms with Crippen molar-refractivity contribution in [2.75, 3.05) is 27.7 Å². The van der Waals surface area contributed by atoms with Crippen molar-refractivity contribution >= 4 is 29.1 Å². The predicted octanol–water partition coefficient (Wildman–Crippen LogP) is 0.866. The summed E-state index contributed by atoms with van der Waals surface area (Å²) < 4.78 is 0.550. The van der Waals surface area contributed by atoms with Gasteiger partial charge in [0.1, 0.15) is 12.6 Å². The molecular weight excluding hydrogens is 334 g/mol. The summed E-state index contributed by atoms with van der Waals surface area (Å²) in [5, 5.41) is 39.3. The molecule has 2 aromatic rings. The molecule has 0 aliphatic rings. The highest BCUT2D eigenvalue weighted by Gasteiger charge is 2.14. The van der Waals surface area contributed by atoms with E-state index in [0.29, 0.717) is 16.4 Å². The van der Waals surface area contributed by atoms with Crippen LogP contribution in [0, 0.1) is 0 Å².